The molecule has 0 aliphatic carbocycles. The van der Waals surface area contributed by atoms with Crippen LogP contribution >= 0.6 is 23.7 Å². The lowest BCUT2D eigenvalue weighted by Gasteiger charge is -2.26. The Morgan fingerprint density at radius 2 is 2.00 bits per heavy atom. The molecule has 1 aromatic carbocycles. The van der Waals surface area contributed by atoms with Crippen molar-refractivity contribution in [2.75, 3.05) is 32.8 Å². The van der Waals surface area contributed by atoms with Crippen molar-refractivity contribution in [2.24, 2.45) is 0 Å². The Bertz CT molecular complexity index is 639. The third-order valence-corrected chi connectivity index (χ3v) is 4.43. The highest BCUT2D eigenvalue weighted by atomic mass is 35.5. The van der Waals surface area contributed by atoms with E-state index in [9.17, 15) is 4.79 Å². The maximum absolute atomic E-state index is 12.4. The van der Waals surface area contributed by atoms with Crippen molar-refractivity contribution in [3.63, 3.8) is 0 Å². The molecule has 2 heterocycles. The molecule has 0 radical (unpaired) electrons. The Kier molecular flexibility index (Phi) is 6.38. The summed E-state index contributed by atoms with van der Waals surface area (Å²) in [7, 11) is 0. The molecule has 0 saturated carbocycles. The van der Waals surface area contributed by atoms with Crippen molar-refractivity contribution in [1.29, 1.82) is 0 Å². The zero-order valence-electron chi connectivity index (χ0n) is 12.9. The van der Waals surface area contributed by atoms with Gasteiger partial charge >= 0.3 is 0 Å². The van der Waals surface area contributed by atoms with E-state index < -0.39 is 0 Å². The predicted molar refractivity (Wildman–Crippen MR) is 94.7 cm³/mol. The zero-order chi connectivity index (χ0) is 15.4. The number of nitrogens with one attached hydrogen (secondary N) is 1. The molecule has 124 valence electrons. The van der Waals surface area contributed by atoms with E-state index >= 15 is 0 Å². The normalized spacial score (nSPS) is 14.2. The van der Waals surface area contributed by atoms with Crippen molar-refractivity contribution >= 4 is 29.7 Å². The van der Waals surface area contributed by atoms with Gasteiger partial charge in [-0.2, -0.15) is 0 Å². The van der Waals surface area contributed by atoms with E-state index in [4.69, 9.17) is 4.74 Å². The first-order valence-corrected chi connectivity index (χ1v) is 8.34. The fourth-order valence-electron chi connectivity index (χ4n) is 2.39. The van der Waals surface area contributed by atoms with Crippen LogP contribution in [0.2, 0.25) is 0 Å². The average molecular weight is 354 g/mol. The van der Waals surface area contributed by atoms with E-state index in [2.05, 4.69) is 10.3 Å². The van der Waals surface area contributed by atoms with Crippen LogP contribution in [0.25, 0.3) is 10.6 Å². The number of carbonyl (C=O) groups is 1. The number of hydrogen-bond acceptors (Lipinski definition) is 5. The van der Waals surface area contributed by atoms with Gasteiger partial charge in [0.1, 0.15) is 16.5 Å². The molecule has 7 heteroatoms. The van der Waals surface area contributed by atoms with Gasteiger partial charge in [0.15, 0.2) is 0 Å². The molecular formula is C16H20ClN3O2S. The molecule has 1 aromatic heterocycles. The van der Waals surface area contributed by atoms with Crippen LogP contribution in [0.15, 0.2) is 29.6 Å². The van der Waals surface area contributed by atoms with E-state index in [0.717, 1.165) is 42.5 Å². The van der Waals surface area contributed by atoms with Crippen molar-refractivity contribution in [1.82, 2.24) is 15.2 Å². The quantitative estimate of drug-likeness (QED) is 0.918. The number of thiazole rings is 1. The summed E-state index contributed by atoms with van der Waals surface area (Å²) in [5.41, 5.74) is 1.54. The maximum atomic E-state index is 12.4. The maximum Gasteiger partial charge on any atom is 0.273 e. The SMILES string of the molecule is CCOc1ccc(-c2nc(C(=O)N3CCNCC3)cs2)cc1.Cl. The summed E-state index contributed by atoms with van der Waals surface area (Å²) >= 11 is 1.50. The number of halogens is 1. The van der Waals surface area contributed by atoms with Crippen molar-refractivity contribution < 1.29 is 9.53 Å². The van der Waals surface area contributed by atoms with Gasteiger partial charge in [-0.1, -0.05) is 0 Å². The minimum Gasteiger partial charge on any atom is -0.494 e. The molecule has 0 unspecified atom stereocenters. The minimum atomic E-state index is 0. The standard InChI is InChI=1S/C16H19N3O2S.ClH/c1-2-21-13-5-3-12(4-6-13)15-18-14(11-22-15)16(20)19-9-7-17-8-10-19;/h3-6,11,17H,2,7-10H2,1H3;1H. The molecule has 23 heavy (non-hydrogen) atoms. The first kappa shape index (κ1) is 17.7. The van der Waals surface area contributed by atoms with Gasteiger partial charge in [0.2, 0.25) is 0 Å². The number of nitrogens with zero attached hydrogens (tertiary/aromatic N) is 2. The summed E-state index contributed by atoms with van der Waals surface area (Å²) in [6, 6.07) is 7.81. The highest BCUT2D eigenvalue weighted by Crippen LogP contribution is 2.26. The number of hydrogen-bond donors (Lipinski definition) is 1. The van der Waals surface area contributed by atoms with Gasteiger partial charge in [-0.25, -0.2) is 4.98 Å². The molecule has 1 amide bonds. The second-order valence-corrected chi connectivity index (χ2v) is 5.90. The lowest BCUT2D eigenvalue weighted by molar-refractivity contribution is 0.0731. The zero-order valence-corrected chi connectivity index (χ0v) is 14.6. The van der Waals surface area contributed by atoms with Gasteiger partial charge in [0.05, 0.1) is 6.61 Å². The number of benzene rings is 1. The summed E-state index contributed by atoms with van der Waals surface area (Å²) in [6.45, 7) is 5.80. The molecular weight excluding hydrogens is 334 g/mol. The summed E-state index contributed by atoms with van der Waals surface area (Å²) < 4.78 is 5.44. The molecule has 0 spiro atoms. The largest absolute Gasteiger partial charge is 0.494 e. The fraction of sp³-hybridized carbons (Fsp3) is 0.375. The number of carbonyl (C=O) groups excluding carboxylic acids is 1. The second kappa shape index (κ2) is 8.29. The molecule has 1 N–H and O–H groups in total. The first-order chi connectivity index (χ1) is 10.8. The first-order valence-electron chi connectivity index (χ1n) is 7.46. The third-order valence-electron chi connectivity index (χ3n) is 3.54. The van der Waals surface area contributed by atoms with Crippen LogP contribution in [-0.2, 0) is 0 Å². The molecule has 0 atom stereocenters. The highest BCUT2D eigenvalue weighted by Gasteiger charge is 2.20. The Labute approximate surface area is 146 Å². The van der Waals surface area contributed by atoms with E-state index in [-0.39, 0.29) is 18.3 Å². The van der Waals surface area contributed by atoms with Crippen LogP contribution in [0.5, 0.6) is 5.75 Å². The van der Waals surface area contributed by atoms with Crippen LogP contribution in [0, 0.1) is 0 Å². The predicted octanol–water partition coefficient (Wildman–Crippen LogP) is 2.68. The Morgan fingerprint density at radius 3 is 2.65 bits per heavy atom. The minimum absolute atomic E-state index is 0. The lowest BCUT2D eigenvalue weighted by atomic mass is 10.2. The van der Waals surface area contributed by atoms with Crippen LogP contribution in [-0.4, -0.2) is 48.6 Å². The van der Waals surface area contributed by atoms with Crippen molar-refractivity contribution in [3.05, 3.63) is 35.3 Å². The Morgan fingerprint density at radius 1 is 1.30 bits per heavy atom. The smallest absolute Gasteiger partial charge is 0.273 e. The number of aromatic nitrogens is 1. The van der Waals surface area contributed by atoms with E-state index in [1.54, 1.807) is 0 Å². The molecule has 2 aromatic rings. The summed E-state index contributed by atoms with van der Waals surface area (Å²) in [5, 5.41) is 5.95. The highest BCUT2D eigenvalue weighted by molar-refractivity contribution is 7.13. The average Bonchev–Trinajstić information content (AvgIpc) is 3.06. The van der Waals surface area contributed by atoms with Gasteiger partial charge in [-0.05, 0) is 31.2 Å². The van der Waals surface area contributed by atoms with E-state index in [0.29, 0.717) is 12.3 Å². The van der Waals surface area contributed by atoms with Crippen molar-refractivity contribution in [2.45, 2.75) is 6.92 Å². The molecule has 3 rings (SSSR count). The van der Waals surface area contributed by atoms with Gasteiger partial charge in [-0.15, -0.1) is 23.7 Å². The monoisotopic (exact) mass is 353 g/mol. The molecule has 0 bridgehead atoms. The molecule has 1 fully saturated rings. The third kappa shape index (κ3) is 4.22. The summed E-state index contributed by atoms with van der Waals surface area (Å²) in [5.74, 6) is 0.870. The number of rotatable bonds is 4. The van der Waals surface area contributed by atoms with Crippen LogP contribution in [0.3, 0.4) is 0 Å². The topological polar surface area (TPSA) is 54.5 Å². The summed E-state index contributed by atoms with van der Waals surface area (Å²) in [4.78, 5) is 18.8. The van der Waals surface area contributed by atoms with E-state index in [1.807, 2.05) is 41.5 Å². The lowest BCUT2D eigenvalue weighted by Crippen LogP contribution is -2.46. The Balaban J connectivity index is 0.00000192. The Hall–Kier alpha value is -1.63. The molecule has 1 aliphatic heterocycles. The van der Waals surface area contributed by atoms with Gasteiger partial charge in [-0.3, -0.25) is 4.79 Å². The molecule has 5 nitrogen and oxygen atoms in total. The van der Waals surface area contributed by atoms with Crippen LogP contribution in [0.4, 0.5) is 0 Å². The van der Waals surface area contributed by atoms with Gasteiger partial charge in [0.25, 0.3) is 5.91 Å². The molecule has 1 aliphatic rings. The number of ether oxygens (including phenoxy) is 1. The number of piperazine rings is 1. The number of amides is 1. The van der Waals surface area contributed by atoms with Gasteiger partial charge in [0, 0.05) is 37.1 Å². The second-order valence-electron chi connectivity index (χ2n) is 5.04. The van der Waals surface area contributed by atoms with Crippen molar-refractivity contribution in [3.8, 4) is 16.3 Å². The summed E-state index contributed by atoms with van der Waals surface area (Å²) in [6.07, 6.45) is 0. The van der Waals surface area contributed by atoms with Gasteiger partial charge < -0.3 is 15.0 Å². The van der Waals surface area contributed by atoms with E-state index in [1.165, 1.54) is 11.3 Å². The van der Waals surface area contributed by atoms with Crippen LogP contribution in [0.1, 0.15) is 17.4 Å². The fourth-order valence-corrected chi connectivity index (χ4v) is 3.19. The van der Waals surface area contributed by atoms with Crippen LogP contribution < -0.4 is 10.1 Å². The molecule has 1 saturated heterocycles.